The molecule has 1 rings (SSSR count). The topological polar surface area (TPSA) is 47.6 Å². The monoisotopic (exact) mass is 263 g/mol. The van der Waals surface area contributed by atoms with Crippen LogP contribution in [0.5, 0.6) is 5.75 Å². The summed E-state index contributed by atoms with van der Waals surface area (Å²) in [6.45, 7) is 8.17. The summed E-state index contributed by atoms with van der Waals surface area (Å²) in [4.78, 5) is 16.6. The smallest absolute Gasteiger partial charge is 0.267 e. The highest BCUT2D eigenvalue weighted by molar-refractivity contribution is 5.90. The molecule has 0 bridgehead atoms. The molecule has 104 valence electrons. The van der Waals surface area contributed by atoms with Crippen LogP contribution >= 0.6 is 0 Å². The van der Waals surface area contributed by atoms with Gasteiger partial charge >= 0.3 is 0 Å². The van der Waals surface area contributed by atoms with Crippen LogP contribution in [0.2, 0.25) is 0 Å². The lowest BCUT2D eigenvalue weighted by Gasteiger charge is -2.17. The Morgan fingerprint density at radius 1 is 1.26 bits per heavy atom. The molecule has 1 aromatic carbocycles. The molecule has 0 spiro atoms. The summed E-state index contributed by atoms with van der Waals surface area (Å²) in [5.74, 6) is 0.531. The summed E-state index contributed by atoms with van der Waals surface area (Å²) in [5.41, 5.74) is 2.90. The lowest BCUT2D eigenvalue weighted by atomic mass is 10.2. The van der Waals surface area contributed by atoms with Crippen molar-refractivity contribution in [3.63, 3.8) is 0 Å². The predicted molar refractivity (Wildman–Crippen MR) is 75.6 cm³/mol. The average molecular weight is 263 g/mol. The van der Waals surface area contributed by atoms with E-state index < -0.39 is 5.60 Å². The number of amides is 1. The number of hydrogen-bond acceptors (Lipinski definition) is 3. The first-order chi connectivity index (χ1) is 8.90. The maximum absolute atomic E-state index is 11.5. The Hall–Kier alpha value is -1.81. The van der Waals surface area contributed by atoms with E-state index in [0.717, 1.165) is 11.3 Å². The number of hydroxylamine groups is 1. The van der Waals surface area contributed by atoms with Crippen LogP contribution in [0.15, 0.2) is 30.3 Å². The van der Waals surface area contributed by atoms with Crippen molar-refractivity contribution in [2.75, 3.05) is 6.61 Å². The Labute approximate surface area is 114 Å². The van der Waals surface area contributed by atoms with E-state index in [4.69, 9.17) is 9.57 Å². The van der Waals surface area contributed by atoms with Gasteiger partial charge in [-0.05, 0) is 51.5 Å². The molecular weight excluding hydrogens is 242 g/mol. The molecule has 1 N–H and O–H groups in total. The molecule has 0 aliphatic heterocycles. The van der Waals surface area contributed by atoms with Gasteiger partial charge in [0.1, 0.15) is 5.75 Å². The fraction of sp³-hybridized carbons (Fsp3) is 0.400. The van der Waals surface area contributed by atoms with Crippen molar-refractivity contribution in [2.24, 2.45) is 0 Å². The number of carbonyl (C=O) groups is 1. The van der Waals surface area contributed by atoms with Crippen molar-refractivity contribution in [1.29, 1.82) is 0 Å². The molecule has 0 fully saturated rings. The van der Waals surface area contributed by atoms with Gasteiger partial charge in [-0.15, -0.1) is 0 Å². The second-order valence-corrected chi connectivity index (χ2v) is 5.02. The minimum atomic E-state index is -0.400. The van der Waals surface area contributed by atoms with Gasteiger partial charge in [0.15, 0.2) is 0 Å². The highest BCUT2D eigenvalue weighted by Gasteiger charge is 2.11. The molecule has 0 unspecified atom stereocenters. The van der Waals surface area contributed by atoms with E-state index in [1.165, 1.54) is 6.08 Å². The van der Waals surface area contributed by atoms with Crippen LogP contribution in [0.4, 0.5) is 0 Å². The van der Waals surface area contributed by atoms with Gasteiger partial charge in [-0.25, -0.2) is 5.48 Å². The molecular formula is C15H21NO3. The molecule has 0 heterocycles. The summed E-state index contributed by atoms with van der Waals surface area (Å²) in [6, 6.07) is 7.51. The van der Waals surface area contributed by atoms with E-state index in [2.05, 4.69) is 5.48 Å². The van der Waals surface area contributed by atoms with Gasteiger partial charge in [-0.1, -0.05) is 12.1 Å². The average Bonchev–Trinajstić information content (AvgIpc) is 2.35. The van der Waals surface area contributed by atoms with Crippen LogP contribution in [-0.4, -0.2) is 18.1 Å². The second-order valence-electron chi connectivity index (χ2n) is 5.02. The van der Waals surface area contributed by atoms with Crippen LogP contribution in [0, 0.1) is 0 Å². The van der Waals surface area contributed by atoms with E-state index in [0.29, 0.717) is 6.61 Å². The minimum Gasteiger partial charge on any atom is -0.494 e. The maximum Gasteiger partial charge on any atom is 0.267 e. The van der Waals surface area contributed by atoms with Gasteiger partial charge in [-0.3, -0.25) is 9.63 Å². The van der Waals surface area contributed by atoms with Crippen LogP contribution in [0.1, 0.15) is 33.3 Å². The molecule has 0 saturated carbocycles. The quantitative estimate of drug-likeness (QED) is 0.656. The van der Waals surface area contributed by atoms with Gasteiger partial charge < -0.3 is 4.74 Å². The zero-order chi connectivity index (χ0) is 14.3. The highest BCUT2D eigenvalue weighted by Crippen LogP contribution is 2.13. The largest absolute Gasteiger partial charge is 0.494 e. The zero-order valence-electron chi connectivity index (χ0n) is 11.9. The molecule has 4 nitrogen and oxygen atoms in total. The molecule has 0 aliphatic carbocycles. The minimum absolute atomic E-state index is 0.288. The first kappa shape index (κ1) is 15.2. The summed E-state index contributed by atoms with van der Waals surface area (Å²) in [7, 11) is 0. The van der Waals surface area contributed by atoms with Gasteiger partial charge in [0, 0.05) is 6.08 Å². The number of ether oxygens (including phenoxy) is 1. The standard InChI is InChI=1S/C15H21NO3/c1-5-18-13-9-6-12(7-10-13)8-11-14(17)16-19-15(2,3)4/h6-11H,5H2,1-4H3,(H,16,17)/b11-8+. The fourth-order valence-corrected chi connectivity index (χ4v) is 1.25. The van der Waals surface area contributed by atoms with Crippen molar-refractivity contribution < 1.29 is 14.4 Å². The first-order valence-corrected chi connectivity index (χ1v) is 6.29. The van der Waals surface area contributed by atoms with Crippen molar-refractivity contribution in [1.82, 2.24) is 5.48 Å². The van der Waals surface area contributed by atoms with Crippen molar-refractivity contribution in [3.05, 3.63) is 35.9 Å². The third kappa shape index (κ3) is 6.62. The number of carbonyl (C=O) groups excluding carboxylic acids is 1. The molecule has 4 heteroatoms. The molecule has 1 amide bonds. The number of nitrogens with one attached hydrogen (secondary N) is 1. The number of hydrogen-bond donors (Lipinski definition) is 1. The summed E-state index contributed by atoms with van der Waals surface area (Å²) in [6.07, 6.45) is 3.15. The van der Waals surface area contributed by atoms with Crippen LogP contribution in [0.3, 0.4) is 0 Å². The van der Waals surface area contributed by atoms with E-state index in [1.807, 2.05) is 52.0 Å². The molecule has 0 aliphatic rings. The first-order valence-electron chi connectivity index (χ1n) is 6.29. The van der Waals surface area contributed by atoms with Gasteiger partial charge in [0.05, 0.1) is 12.2 Å². The lowest BCUT2D eigenvalue weighted by molar-refractivity contribution is -0.140. The summed E-state index contributed by atoms with van der Waals surface area (Å²) < 4.78 is 5.34. The van der Waals surface area contributed by atoms with Crippen molar-refractivity contribution >= 4 is 12.0 Å². The van der Waals surface area contributed by atoms with Gasteiger partial charge in [0.25, 0.3) is 5.91 Å². The molecule has 0 radical (unpaired) electrons. The summed E-state index contributed by atoms with van der Waals surface area (Å²) in [5, 5.41) is 0. The Morgan fingerprint density at radius 3 is 2.42 bits per heavy atom. The second kappa shape index (κ2) is 6.95. The highest BCUT2D eigenvalue weighted by atomic mass is 16.7. The van der Waals surface area contributed by atoms with Crippen LogP contribution in [0.25, 0.3) is 6.08 Å². The third-order valence-corrected chi connectivity index (χ3v) is 2.08. The Balaban J connectivity index is 2.49. The Morgan fingerprint density at radius 2 is 1.89 bits per heavy atom. The number of rotatable bonds is 5. The van der Waals surface area contributed by atoms with Crippen molar-refractivity contribution in [2.45, 2.75) is 33.3 Å². The van der Waals surface area contributed by atoms with Gasteiger partial charge in [-0.2, -0.15) is 0 Å². The van der Waals surface area contributed by atoms with Gasteiger partial charge in [0.2, 0.25) is 0 Å². The molecule has 0 atom stereocenters. The fourth-order valence-electron chi connectivity index (χ4n) is 1.25. The molecule has 1 aromatic rings. The SMILES string of the molecule is CCOc1ccc(/C=C/C(=O)NOC(C)(C)C)cc1. The Kier molecular flexibility index (Phi) is 5.57. The maximum atomic E-state index is 11.5. The zero-order valence-corrected chi connectivity index (χ0v) is 11.9. The van der Waals surface area contributed by atoms with Crippen LogP contribution in [-0.2, 0) is 9.63 Å². The van der Waals surface area contributed by atoms with Crippen molar-refractivity contribution in [3.8, 4) is 5.75 Å². The Bertz CT molecular complexity index is 430. The lowest BCUT2D eigenvalue weighted by Crippen LogP contribution is -2.32. The molecule has 19 heavy (non-hydrogen) atoms. The number of benzene rings is 1. The van der Waals surface area contributed by atoms with E-state index in [-0.39, 0.29) is 5.91 Å². The normalized spacial score (nSPS) is 11.6. The van der Waals surface area contributed by atoms with E-state index >= 15 is 0 Å². The van der Waals surface area contributed by atoms with Crippen LogP contribution < -0.4 is 10.2 Å². The predicted octanol–water partition coefficient (Wildman–Crippen LogP) is 2.94. The molecule has 0 saturated heterocycles. The van der Waals surface area contributed by atoms with E-state index in [9.17, 15) is 4.79 Å². The summed E-state index contributed by atoms with van der Waals surface area (Å²) >= 11 is 0. The van der Waals surface area contributed by atoms with E-state index in [1.54, 1.807) is 6.08 Å². The third-order valence-electron chi connectivity index (χ3n) is 2.08. The molecule has 0 aromatic heterocycles.